The fourth-order valence-electron chi connectivity index (χ4n) is 3.41. The zero-order valence-corrected chi connectivity index (χ0v) is 13.8. The summed E-state index contributed by atoms with van der Waals surface area (Å²) in [6, 6.07) is 3.92. The number of carbonyl (C=O) groups is 2. The van der Waals surface area contributed by atoms with Crippen LogP contribution in [-0.2, 0) is 11.2 Å². The lowest BCUT2D eigenvalue weighted by Gasteiger charge is -2.31. The first-order valence-electron chi connectivity index (χ1n) is 8.30. The Kier molecular flexibility index (Phi) is 4.52. The predicted molar refractivity (Wildman–Crippen MR) is 91.0 cm³/mol. The van der Waals surface area contributed by atoms with Gasteiger partial charge in [0.1, 0.15) is 0 Å². The van der Waals surface area contributed by atoms with Gasteiger partial charge in [0.05, 0.1) is 0 Å². The molecule has 23 heavy (non-hydrogen) atoms. The third-order valence-corrected chi connectivity index (χ3v) is 4.53. The van der Waals surface area contributed by atoms with Crippen LogP contribution in [0.4, 0.5) is 16.2 Å². The monoisotopic (exact) mass is 316 g/mol. The topological polar surface area (TPSA) is 64.7 Å². The lowest BCUT2D eigenvalue weighted by Crippen LogP contribution is -2.48. The first-order valence-corrected chi connectivity index (χ1v) is 8.30. The van der Waals surface area contributed by atoms with Crippen molar-refractivity contribution in [2.24, 2.45) is 0 Å². The van der Waals surface area contributed by atoms with Gasteiger partial charge in [-0.2, -0.15) is 0 Å². The van der Waals surface area contributed by atoms with Gasteiger partial charge in [0.15, 0.2) is 0 Å². The van der Waals surface area contributed by atoms with E-state index in [1.807, 2.05) is 35.8 Å². The van der Waals surface area contributed by atoms with Crippen LogP contribution in [0, 0.1) is 6.92 Å². The van der Waals surface area contributed by atoms with E-state index in [0.29, 0.717) is 13.0 Å². The number of amides is 3. The van der Waals surface area contributed by atoms with Gasteiger partial charge in [0, 0.05) is 50.5 Å². The van der Waals surface area contributed by atoms with Crippen molar-refractivity contribution in [1.29, 1.82) is 0 Å². The summed E-state index contributed by atoms with van der Waals surface area (Å²) in [5.41, 5.74) is 4.01. The maximum absolute atomic E-state index is 12.3. The predicted octanol–water partition coefficient (Wildman–Crippen LogP) is 1.73. The molecule has 1 aromatic carbocycles. The molecule has 1 fully saturated rings. The number of anilines is 2. The van der Waals surface area contributed by atoms with Gasteiger partial charge in [0.2, 0.25) is 5.91 Å². The molecule has 0 aromatic heterocycles. The molecule has 6 nitrogen and oxygen atoms in total. The highest BCUT2D eigenvalue weighted by Gasteiger charge is 2.25. The largest absolute Gasteiger partial charge is 0.322 e. The van der Waals surface area contributed by atoms with Crippen LogP contribution in [0.2, 0.25) is 0 Å². The zero-order chi connectivity index (χ0) is 16.4. The molecule has 0 saturated carbocycles. The minimum Gasteiger partial charge on any atom is -0.322 e. The number of urea groups is 1. The number of nitrogens with one attached hydrogen (secondary N) is 2. The van der Waals surface area contributed by atoms with Crippen LogP contribution in [0.25, 0.3) is 0 Å². The Morgan fingerprint density at radius 3 is 2.70 bits per heavy atom. The Hall–Kier alpha value is -2.08. The molecule has 3 amide bonds. The van der Waals surface area contributed by atoms with Crippen molar-refractivity contribution in [1.82, 2.24) is 10.2 Å². The van der Waals surface area contributed by atoms with Crippen molar-refractivity contribution < 1.29 is 9.59 Å². The highest BCUT2D eigenvalue weighted by atomic mass is 16.2. The third-order valence-electron chi connectivity index (χ3n) is 4.53. The van der Waals surface area contributed by atoms with Gasteiger partial charge in [-0.05, 0) is 43.5 Å². The summed E-state index contributed by atoms with van der Waals surface area (Å²) in [4.78, 5) is 28.1. The van der Waals surface area contributed by atoms with Crippen LogP contribution in [0.15, 0.2) is 12.1 Å². The minimum atomic E-state index is -0.0508. The zero-order valence-electron chi connectivity index (χ0n) is 13.8. The first kappa shape index (κ1) is 15.8. The van der Waals surface area contributed by atoms with E-state index in [-0.39, 0.29) is 11.9 Å². The quantitative estimate of drug-likeness (QED) is 0.873. The van der Waals surface area contributed by atoms with Crippen molar-refractivity contribution >= 4 is 23.3 Å². The fraction of sp³-hybridized carbons (Fsp3) is 0.529. The molecule has 0 atom stereocenters. The van der Waals surface area contributed by atoms with Gasteiger partial charge >= 0.3 is 6.03 Å². The number of fused-ring (bicyclic) bond motifs is 1. The Morgan fingerprint density at radius 2 is 2.00 bits per heavy atom. The molecule has 2 aliphatic rings. The molecule has 3 rings (SSSR count). The SMILES string of the molecule is CCN1C(=O)CCc2cc(NC(=O)N3CCNCC3)cc(C)c21. The Morgan fingerprint density at radius 1 is 1.26 bits per heavy atom. The van der Waals surface area contributed by atoms with E-state index in [9.17, 15) is 9.59 Å². The second-order valence-corrected chi connectivity index (χ2v) is 6.11. The Balaban J connectivity index is 1.81. The van der Waals surface area contributed by atoms with Crippen LogP contribution in [0.5, 0.6) is 0 Å². The molecular weight excluding hydrogens is 292 g/mol. The summed E-state index contributed by atoms with van der Waals surface area (Å²) in [6.07, 6.45) is 1.28. The molecule has 0 aliphatic carbocycles. The number of benzene rings is 1. The highest BCUT2D eigenvalue weighted by molar-refractivity contribution is 5.98. The number of piperazine rings is 1. The summed E-state index contributed by atoms with van der Waals surface area (Å²) in [7, 11) is 0. The number of hydrogen-bond donors (Lipinski definition) is 2. The highest BCUT2D eigenvalue weighted by Crippen LogP contribution is 2.33. The van der Waals surface area contributed by atoms with E-state index in [1.54, 1.807) is 0 Å². The molecule has 1 saturated heterocycles. The average Bonchev–Trinajstić information content (AvgIpc) is 2.56. The number of nitrogens with zero attached hydrogens (tertiary/aromatic N) is 2. The number of aryl methyl sites for hydroxylation is 2. The standard InChI is InChI=1S/C17H24N4O2/c1-3-21-15(22)5-4-13-11-14(10-12(2)16(13)21)19-17(23)20-8-6-18-7-9-20/h10-11,18H,3-9H2,1-2H3,(H,19,23). The van der Waals surface area contributed by atoms with Crippen LogP contribution < -0.4 is 15.5 Å². The lowest BCUT2D eigenvalue weighted by molar-refractivity contribution is -0.118. The molecule has 6 heteroatoms. The molecule has 0 bridgehead atoms. The summed E-state index contributed by atoms with van der Waals surface area (Å²) in [5.74, 6) is 0.181. The van der Waals surface area contributed by atoms with Crippen LogP contribution in [0.3, 0.4) is 0 Å². The van der Waals surface area contributed by atoms with Gasteiger partial charge in [-0.15, -0.1) is 0 Å². The lowest BCUT2D eigenvalue weighted by atomic mass is 9.97. The molecular formula is C17H24N4O2. The second kappa shape index (κ2) is 6.58. The smallest absolute Gasteiger partial charge is 0.321 e. The van der Waals surface area contributed by atoms with E-state index < -0.39 is 0 Å². The van der Waals surface area contributed by atoms with Crippen molar-refractivity contribution in [3.8, 4) is 0 Å². The molecule has 2 N–H and O–H groups in total. The molecule has 2 heterocycles. The van der Waals surface area contributed by atoms with Crippen molar-refractivity contribution in [2.75, 3.05) is 42.9 Å². The van der Waals surface area contributed by atoms with E-state index >= 15 is 0 Å². The summed E-state index contributed by atoms with van der Waals surface area (Å²) in [5, 5.41) is 6.24. The fourth-order valence-corrected chi connectivity index (χ4v) is 3.41. The maximum Gasteiger partial charge on any atom is 0.321 e. The Bertz CT molecular complexity index is 623. The van der Waals surface area contributed by atoms with Crippen molar-refractivity contribution in [2.45, 2.75) is 26.7 Å². The minimum absolute atomic E-state index is 0.0508. The molecule has 0 unspecified atom stereocenters. The second-order valence-electron chi connectivity index (χ2n) is 6.11. The molecule has 0 radical (unpaired) electrons. The van der Waals surface area contributed by atoms with Crippen LogP contribution in [0.1, 0.15) is 24.5 Å². The first-order chi connectivity index (χ1) is 11.1. The average molecular weight is 316 g/mol. The maximum atomic E-state index is 12.3. The van der Waals surface area contributed by atoms with E-state index in [0.717, 1.165) is 55.1 Å². The van der Waals surface area contributed by atoms with Gasteiger partial charge in [0.25, 0.3) is 0 Å². The van der Waals surface area contributed by atoms with Gasteiger partial charge in [-0.1, -0.05) is 0 Å². The number of rotatable bonds is 2. The summed E-state index contributed by atoms with van der Waals surface area (Å²) >= 11 is 0. The van der Waals surface area contributed by atoms with Crippen molar-refractivity contribution in [3.63, 3.8) is 0 Å². The molecule has 2 aliphatic heterocycles. The van der Waals surface area contributed by atoms with E-state index in [4.69, 9.17) is 0 Å². The van der Waals surface area contributed by atoms with Gasteiger partial charge in [-0.3, -0.25) is 4.79 Å². The van der Waals surface area contributed by atoms with Crippen LogP contribution in [-0.4, -0.2) is 49.6 Å². The molecule has 0 spiro atoms. The molecule has 124 valence electrons. The third kappa shape index (κ3) is 3.17. The van der Waals surface area contributed by atoms with Crippen molar-refractivity contribution in [3.05, 3.63) is 23.3 Å². The molecule has 1 aromatic rings. The van der Waals surface area contributed by atoms with Gasteiger partial charge < -0.3 is 20.4 Å². The van der Waals surface area contributed by atoms with Crippen LogP contribution >= 0.6 is 0 Å². The van der Waals surface area contributed by atoms with E-state index in [2.05, 4.69) is 10.6 Å². The van der Waals surface area contributed by atoms with Gasteiger partial charge in [-0.25, -0.2) is 4.79 Å². The number of hydrogen-bond acceptors (Lipinski definition) is 3. The normalized spacial score (nSPS) is 17.9. The Labute approximate surface area is 136 Å². The summed E-state index contributed by atoms with van der Waals surface area (Å²) < 4.78 is 0. The number of carbonyl (C=O) groups excluding carboxylic acids is 2. The van der Waals surface area contributed by atoms with E-state index in [1.165, 1.54) is 0 Å². The summed E-state index contributed by atoms with van der Waals surface area (Å²) in [6.45, 7) is 7.81.